The van der Waals surface area contributed by atoms with Crippen molar-refractivity contribution in [2.24, 2.45) is 5.41 Å². The van der Waals surface area contributed by atoms with Crippen LogP contribution in [0.25, 0.3) is 22.4 Å². The molecule has 3 N–H and O–H groups in total. The predicted molar refractivity (Wildman–Crippen MR) is 129 cm³/mol. The summed E-state index contributed by atoms with van der Waals surface area (Å²) in [6, 6.07) is 5.11. The first kappa shape index (κ1) is 23.9. The topological polar surface area (TPSA) is 144 Å². The van der Waals surface area contributed by atoms with Crippen molar-refractivity contribution in [2.75, 3.05) is 19.0 Å². The Morgan fingerprint density at radius 1 is 1.14 bits per heavy atom. The van der Waals surface area contributed by atoms with Gasteiger partial charge in [-0.05, 0) is 29.5 Å². The van der Waals surface area contributed by atoms with Crippen LogP contribution >= 0.6 is 0 Å². The van der Waals surface area contributed by atoms with E-state index in [-0.39, 0.29) is 29.5 Å². The van der Waals surface area contributed by atoms with Gasteiger partial charge in [-0.25, -0.2) is 14.8 Å². The van der Waals surface area contributed by atoms with Crippen LogP contribution in [0.3, 0.4) is 0 Å². The number of aliphatic carboxylic acids is 1. The molecule has 1 aromatic carbocycles. The lowest BCUT2D eigenvalue weighted by molar-refractivity contribution is -0.134. The summed E-state index contributed by atoms with van der Waals surface area (Å²) in [4.78, 5) is 43.4. The number of hydrogen-bond acceptors (Lipinski definition) is 7. The monoisotopic (exact) mass is 478 g/mol. The maximum absolute atomic E-state index is 12.6. The van der Waals surface area contributed by atoms with E-state index in [1.54, 1.807) is 12.4 Å². The number of pyridine rings is 1. The second-order valence-electron chi connectivity index (χ2n) is 9.49. The quantitative estimate of drug-likeness (QED) is 0.486. The summed E-state index contributed by atoms with van der Waals surface area (Å²) in [7, 11) is 1.54. The number of ether oxygens (including phenoxy) is 1. The fraction of sp³-hybridized carbons (Fsp3) is 0.320. The summed E-state index contributed by atoms with van der Waals surface area (Å²) in [5.74, 6) is -1.53. The molecule has 1 aliphatic heterocycles. The van der Waals surface area contributed by atoms with Gasteiger partial charge < -0.3 is 24.8 Å². The van der Waals surface area contributed by atoms with Gasteiger partial charge in [0.1, 0.15) is 17.9 Å². The number of benzene rings is 1. The van der Waals surface area contributed by atoms with Crippen molar-refractivity contribution in [1.82, 2.24) is 14.5 Å². The van der Waals surface area contributed by atoms with E-state index in [0.717, 1.165) is 16.7 Å². The number of rotatable bonds is 6. The van der Waals surface area contributed by atoms with Crippen molar-refractivity contribution >= 4 is 17.9 Å². The Labute approximate surface area is 201 Å². The van der Waals surface area contributed by atoms with Crippen LogP contribution in [0.5, 0.6) is 5.75 Å². The zero-order chi connectivity index (χ0) is 25.5. The summed E-state index contributed by atoms with van der Waals surface area (Å²) < 4.78 is 7.53. The number of anilines is 1. The molecule has 0 bridgehead atoms. The van der Waals surface area contributed by atoms with E-state index < -0.39 is 17.4 Å². The van der Waals surface area contributed by atoms with Gasteiger partial charge in [0.05, 0.1) is 12.8 Å². The minimum absolute atomic E-state index is 0.0937. The maximum atomic E-state index is 12.6. The molecule has 182 valence electrons. The van der Waals surface area contributed by atoms with E-state index in [4.69, 9.17) is 9.84 Å². The molecule has 10 heteroatoms. The van der Waals surface area contributed by atoms with Crippen molar-refractivity contribution in [3.05, 3.63) is 58.1 Å². The van der Waals surface area contributed by atoms with Crippen LogP contribution in [-0.4, -0.2) is 50.3 Å². The lowest BCUT2D eigenvalue weighted by Gasteiger charge is -2.39. The second-order valence-corrected chi connectivity index (χ2v) is 9.49. The van der Waals surface area contributed by atoms with Gasteiger partial charge in [0.2, 0.25) is 5.95 Å². The molecule has 3 heterocycles. The summed E-state index contributed by atoms with van der Waals surface area (Å²) >= 11 is 0. The van der Waals surface area contributed by atoms with Gasteiger partial charge in [0.25, 0.3) is 0 Å². The SMILES string of the molecule is COc1cc2c(cc1-c1cnc(NCC(=O)O)nc1)CC(C(C)(C)C)n1cc(C(=O)O)c(=O)cc1-2. The molecule has 3 aromatic rings. The highest BCUT2D eigenvalue weighted by Gasteiger charge is 2.34. The minimum atomic E-state index is -1.25. The second kappa shape index (κ2) is 8.86. The Morgan fingerprint density at radius 2 is 1.83 bits per heavy atom. The van der Waals surface area contributed by atoms with Crippen LogP contribution < -0.4 is 15.5 Å². The van der Waals surface area contributed by atoms with Gasteiger partial charge in [-0.15, -0.1) is 0 Å². The van der Waals surface area contributed by atoms with Crippen molar-refractivity contribution in [3.63, 3.8) is 0 Å². The van der Waals surface area contributed by atoms with Gasteiger partial charge in [0, 0.05) is 47.4 Å². The van der Waals surface area contributed by atoms with Gasteiger partial charge in [-0.2, -0.15) is 0 Å². The summed E-state index contributed by atoms with van der Waals surface area (Å²) in [6.45, 7) is 5.93. The molecule has 0 saturated carbocycles. The van der Waals surface area contributed by atoms with Crippen LogP contribution in [-0.2, 0) is 11.2 Å². The van der Waals surface area contributed by atoms with E-state index >= 15 is 0 Å². The first-order chi connectivity index (χ1) is 16.5. The number of carbonyl (C=O) groups is 2. The number of methoxy groups -OCH3 is 1. The smallest absolute Gasteiger partial charge is 0.341 e. The molecule has 0 saturated heterocycles. The van der Waals surface area contributed by atoms with E-state index in [2.05, 4.69) is 36.1 Å². The third-order valence-electron chi connectivity index (χ3n) is 6.12. The Morgan fingerprint density at radius 3 is 2.40 bits per heavy atom. The van der Waals surface area contributed by atoms with E-state index in [0.29, 0.717) is 23.4 Å². The van der Waals surface area contributed by atoms with Crippen molar-refractivity contribution in [1.29, 1.82) is 0 Å². The Balaban J connectivity index is 1.85. The number of carboxylic acids is 2. The zero-order valence-electron chi connectivity index (χ0n) is 19.8. The highest BCUT2D eigenvalue weighted by Crippen LogP contribution is 2.45. The van der Waals surface area contributed by atoms with E-state index in [9.17, 15) is 19.5 Å². The standard InChI is InChI=1S/C25H26N4O6/c1-25(2,3)21-6-13-5-16(14-9-26-24(27-10-14)28-11-22(31)32)20(35-4)7-15(13)18-8-19(30)17(23(33)34)12-29(18)21/h5,7-10,12,21H,6,11H2,1-4H3,(H,31,32)(H,33,34)(H,26,27,28). The van der Waals surface area contributed by atoms with Crippen molar-refractivity contribution in [2.45, 2.75) is 33.2 Å². The fourth-order valence-electron chi connectivity index (χ4n) is 4.35. The molecule has 0 spiro atoms. The predicted octanol–water partition coefficient (Wildman–Crippen LogP) is 3.32. The van der Waals surface area contributed by atoms with Gasteiger partial charge in [0.15, 0.2) is 5.43 Å². The fourth-order valence-corrected chi connectivity index (χ4v) is 4.35. The lowest BCUT2D eigenvalue weighted by atomic mass is 9.78. The van der Waals surface area contributed by atoms with Gasteiger partial charge in [-0.1, -0.05) is 20.8 Å². The minimum Gasteiger partial charge on any atom is -0.496 e. The number of nitrogens with one attached hydrogen (secondary N) is 1. The summed E-state index contributed by atoms with van der Waals surface area (Å²) in [6.07, 6.45) is 5.23. The van der Waals surface area contributed by atoms with Crippen molar-refractivity contribution in [3.8, 4) is 28.1 Å². The molecule has 0 aliphatic carbocycles. The molecule has 0 radical (unpaired) electrons. The Hall–Kier alpha value is -4.21. The van der Waals surface area contributed by atoms with Gasteiger partial charge in [-0.3, -0.25) is 9.59 Å². The first-order valence-corrected chi connectivity index (χ1v) is 11.0. The zero-order valence-corrected chi connectivity index (χ0v) is 19.8. The van der Waals surface area contributed by atoms with Crippen LogP contribution in [0, 0.1) is 5.41 Å². The molecule has 35 heavy (non-hydrogen) atoms. The van der Waals surface area contributed by atoms with E-state index in [1.165, 1.54) is 19.4 Å². The molecule has 2 aromatic heterocycles. The largest absolute Gasteiger partial charge is 0.496 e. The molecule has 0 fully saturated rings. The van der Waals surface area contributed by atoms with Crippen LogP contribution in [0.1, 0.15) is 42.7 Å². The maximum Gasteiger partial charge on any atom is 0.341 e. The summed E-state index contributed by atoms with van der Waals surface area (Å²) in [5.41, 5.74) is 2.81. The Kier molecular flexibility index (Phi) is 6.06. The van der Waals surface area contributed by atoms with Crippen LogP contribution in [0.2, 0.25) is 0 Å². The molecule has 10 nitrogen and oxygen atoms in total. The van der Waals surface area contributed by atoms with E-state index in [1.807, 2.05) is 16.7 Å². The molecule has 1 aliphatic rings. The normalized spacial score (nSPS) is 14.6. The molecular weight excluding hydrogens is 452 g/mol. The molecule has 1 unspecified atom stereocenters. The molecule has 1 atom stereocenters. The number of fused-ring (bicyclic) bond motifs is 3. The highest BCUT2D eigenvalue weighted by molar-refractivity contribution is 5.88. The van der Waals surface area contributed by atoms with Crippen molar-refractivity contribution < 1.29 is 24.5 Å². The average molecular weight is 479 g/mol. The number of aromatic carboxylic acids is 1. The van der Waals surface area contributed by atoms with Gasteiger partial charge >= 0.3 is 11.9 Å². The summed E-state index contributed by atoms with van der Waals surface area (Å²) in [5, 5.41) is 20.9. The first-order valence-electron chi connectivity index (χ1n) is 11.0. The van der Waals surface area contributed by atoms with Crippen LogP contribution in [0.4, 0.5) is 5.95 Å². The molecular formula is C25H26N4O6. The number of carboxylic acid groups (broad SMARTS) is 2. The number of hydrogen-bond donors (Lipinski definition) is 3. The Bertz CT molecular complexity index is 1370. The third kappa shape index (κ3) is 4.59. The molecule has 0 amide bonds. The highest BCUT2D eigenvalue weighted by atomic mass is 16.5. The van der Waals surface area contributed by atoms with Crippen LogP contribution in [0.15, 0.2) is 41.6 Å². The average Bonchev–Trinajstić information content (AvgIpc) is 2.80. The third-order valence-corrected chi connectivity index (χ3v) is 6.12. The lowest BCUT2D eigenvalue weighted by Crippen LogP contribution is -2.32. The number of aromatic nitrogens is 3. The molecule has 4 rings (SSSR count). The number of nitrogens with zero attached hydrogens (tertiary/aromatic N) is 3.